The number of fused-ring (bicyclic) bond motifs is 1. The van der Waals surface area contributed by atoms with Crippen LogP contribution in [-0.4, -0.2) is 20.1 Å². The van der Waals surface area contributed by atoms with Crippen molar-refractivity contribution in [2.75, 3.05) is 19.1 Å². The van der Waals surface area contributed by atoms with Gasteiger partial charge in [0.05, 0.1) is 17.8 Å². The third kappa shape index (κ3) is 2.80. The largest absolute Gasteiger partial charge is 0.497 e. The van der Waals surface area contributed by atoms with E-state index in [0.29, 0.717) is 15.6 Å². The van der Waals surface area contributed by atoms with Crippen molar-refractivity contribution in [1.82, 2.24) is 0 Å². The Morgan fingerprint density at radius 3 is 2.65 bits per heavy atom. The number of thiophene rings is 1. The van der Waals surface area contributed by atoms with Crippen LogP contribution in [0.15, 0.2) is 42.5 Å². The molecule has 0 saturated heterocycles. The van der Waals surface area contributed by atoms with Gasteiger partial charge in [0, 0.05) is 23.2 Å². The molecule has 0 aliphatic heterocycles. The van der Waals surface area contributed by atoms with Gasteiger partial charge in [0.25, 0.3) is 5.91 Å². The van der Waals surface area contributed by atoms with Gasteiger partial charge in [-0.1, -0.05) is 35.9 Å². The summed E-state index contributed by atoms with van der Waals surface area (Å²) >= 11 is 7.84. The van der Waals surface area contributed by atoms with Gasteiger partial charge in [-0.2, -0.15) is 0 Å². The summed E-state index contributed by atoms with van der Waals surface area (Å²) in [5.74, 6) is 0.597. The van der Waals surface area contributed by atoms with Gasteiger partial charge in [-0.3, -0.25) is 4.79 Å². The van der Waals surface area contributed by atoms with E-state index in [1.165, 1.54) is 11.3 Å². The molecule has 3 aromatic rings. The van der Waals surface area contributed by atoms with Crippen LogP contribution < -0.4 is 9.64 Å². The van der Waals surface area contributed by atoms with E-state index in [1.807, 2.05) is 49.4 Å². The predicted molar refractivity (Wildman–Crippen MR) is 97.3 cm³/mol. The number of anilines is 1. The summed E-state index contributed by atoms with van der Waals surface area (Å²) in [4.78, 5) is 15.1. The van der Waals surface area contributed by atoms with Gasteiger partial charge in [0.2, 0.25) is 0 Å². The standard InChI is InChI=1S/C18H16ClNO2S/c1-11-8-9-12(22-3)10-14(11)20(2)18(21)17-16(19)13-6-4-5-7-15(13)23-17/h4-10H,1-3H3. The summed E-state index contributed by atoms with van der Waals surface area (Å²) in [5, 5.41) is 1.43. The van der Waals surface area contributed by atoms with E-state index in [9.17, 15) is 4.79 Å². The van der Waals surface area contributed by atoms with E-state index in [2.05, 4.69) is 0 Å². The smallest absolute Gasteiger partial charge is 0.269 e. The summed E-state index contributed by atoms with van der Waals surface area (Å²) in [6.45, 7) is 1.96. The van der Waals surface area contributed by atoms with Gasteiger partial charge < -0.3 is 9.64 Å². The molecule has 3 rings (SSSR count). The molecule has 0 aliphatic rings. The Morgan fingerprint density at radius 1 is 1.22 bits per heavy atom. The molecule has 1 aromatic heterocycles. The number of amides is 1. The molecule has 1 heterocycles. The van der Waals surface area contributed by atoms with Crippen molar-refractivity contribution in [1.29, 1.82) is 0 Å². The number of halogens is 1. The summed E-state index contributed by atoms with van der Waals surface area (Å²) < 4.78 is 6.27. The van der Waals surface area contributed by atoms with E-state index in [-0.39, 0.29) is 5.91 Å². The second-order valence-corrected chi connectivity index (χ2v) is 6.69. The summed E-state index contributed by atoms with van der Waals surface area (Å²) in [5.41, 5.74) is 1.81. The van der Waals surface area contributed by atoms with Crippen LogP contribution in [0.2, 0.25) is 5.02 Å². The highest BCUT2D eigenvalue weighted by molar-refractivity contribution is 7.21. The SMILES string of the molecule is COc1ccc(C)c(N(C)C(=O)c2sc3ccccc3c2Cl)c1. The highest BCUT2D eigenvalue weighted by atomic mass is 35.5. The number of aryl methyl sites for hydroxylation is 1. The Bertz CT molecular complexity index is 888. The first-order valence-corrected chi connectivity index (χ1v) is 8.32. The number of rotatable bonds is 3. The maximum absolute atomic E-state index is 12.9. The topological polar surface area (TPSA) is 29.5 Å². The van der Waals surface area contributed by atoms with Crippen LogP contribution in [-0.2, 0) is 0 Å². The lowest BCUT2D eigenvalue weighted by Gasteiger charge is -2.20. The molecule has 0 unspecified atom stereocenters. The second-order valence-electron chi connectivity index (χ2n) is 5.26. The highest BCUT2D eigenvalue weighted by Gasteiger charge is 2.22. The first kappa shape index (κ1) is 15.8. The Kier molecular flexibility index (Phi) is 4.28. The number of ether oxygens (including phenoxy) is 1. The average Bonchev–Trinajstić information content (AvgIpc) is 2.91. The monoisotopic (exact) mass is 345 g/mol. The van der Waals surface area contributed by atoms with Crippen molar-refractivity contribution >= 4 is 44.6 Å². The number of methoxy groups -OCH3 is 1. The molecule has 1 amide bonds. The van der Waals surface area contributed by atoms with Gasteiger partial charge >= 0.3 is 0 Å². The normalized spacial score (nSPS) is 10.8. The highest BCUT2D eigenvalue weighted by Crippen LogP contribution is 2.37. The Balaban J connectivity index is 2.03. The van der Waals surface area contributed by atoms with Crippen molar-refractivity contribution < 1.29 is 9.53 Å². The van der Waals surface area contributed by atoms with Crippen LogP contribution in [0.1, 0.15) is 15.2 Å². The zero-order chi connectivity index (χ0) is 16.6. The van der Waals surface area contributed by atoms with Gasteiger partial charge in [0.15, 0.2) is 0 Å². The number of benzene rings is 2. The molecule has 0 spiro atoms. The number of hydrogen-bond donors (Lipinski definition) is 0. The molecule has 0 saturated carbocycles. The molecule has 0 N–H and O–H groups in total. The number of carbonyl (C=O) groups excluding carboxylic acids is 1. The molecule has 0 aliphatic carbocycles. The van der Waals surface area contributed by atoms with Crippen LogP contribution in [0, 0.1) is 6.92 Å². The zero-order valence-electron chi connectivity index (χ0n) is 13.1. The molecule has 0 radical (unpaired) electrons. The van der Waals surface area contributed by atoms with Gasteiger partial charge in [0.1, 0.15) is 10.6 Å². The van der Waals surface area contributed by atoms with Gasteiger partial charge in [-0.05, 0) is 24.6 Å². The van der Waals surface area contributed by atoms with Gasteiger partial charge in [-0.15, -0.1) is 11.3 Å². The van der Waals surface area contributed by atoms with Crippen LogP contribution >= 0.6 is 22.9 Å². The Morgan fingerprint density at radius 2 is 1.96 bits per heavy atom. The average molecular weight is 346 g/mol. The van der Waals surface area contributed by atoms with E-state index in [0.717, 1.165) is 21.3 Å². The number of carbonyl (C=O) groups is 1. The second kappa shape index (κ2) is 6.22. The third-order valence-electron chi connectivity index (χ3n) is 3.81. The molecule has 3 nitrogen and oxygen atoms in total. The molecule has 0 bridgehead atoms. The van der Waals surface area contributed by atoms with Crippen LogP contribution in [0.5, 0.6) is 5.75 Å². The minimum atomic E-state index is -0.118. The van der Waals surface area contributed by atoms with Crippen molar-refractivity contribution in [3.05, 3.63) is 57.9 Å². The molecule has 0 atom stereocenters. The van der Waals surface area contributed by atoms with Crippen LogP contribution in [0.4, 0.5) is 5.69 Å². The van der Waals surface area contributed by atoms with Crippen molar-refractivity contribution in [3.63, 3.8) is 0 Å². The zero-order valence-corrected chi connectivity index (χ0v) is 14.7. The minimum absolute atomic E-state index is 0.118. The summed E-state index contributed by atoms with van der Waals surface area (Å²) in [6.07, 6.45) is 0. The van der Waals surface area contributed by atoms with Crippen molar-refractivity contribution in [2.24, 2.45) is 0 Å². The predicted octanol–water partition coefficient (Wildman–Crippen LogP) is 5.15. The molecule has 23 heavy (non-hydrogen) atoms. The van der Waals surface area contributed by atoms with Gasteiger partial charge in [-0.25, -0.2) is 0 Å². The lowest BCUT2D eigenvalue weighted by molar-refractivity contribution is 0.0997. The first-order valence-electron chi connectivity index (χ1n) is 7.12. The molecule has 2 aromatic carbocycles. The third-order valence-corrected chi connectivity index (χ3v) is 5.47. The molecule has 5 heteroatoms. The Hall–Kier alpha value is -2.04. The lowest BCUT2D eigenvalue weighted by atomic mass is 10.1. The van der Waals surface area contributed by atoms with Crippen LogP contribution in [0.3, 0.4) is 0 Å². The fraction of sp³-hybridized carbons (Fsp3) is 0.167. The number of nitrogens with zero attached hydrogens (tertiary/aromatic N) is 1. The maximum Gasteiger partial charge on any atom is 0.269 e. The molecule has 0 fully saturated rings. The van der Waals surface area contributed by atoms with E-state index < -0.39 is 0 Å². The first-order chi connectivity index (χ1) is 11.0. The minimum Gasteiger partial charge on any atom is -0.497 e. The van der Waals surface area contributed by atoms with Crippen molar-refractivity contribution in [3.8, 4) is 5.75 Å². The fourth-order valence-electron chi connectivity index (χ4n) is 2.49. The number of hydrogen-bond acceptors (Lipinski definition) is 3. The van der Waals surface area contributed by atoms with Crippen LogP contribution in [0.25, 0.3) is 10.1 Å². The quantitative estimate of drug-likeness (QED) is 0.657. The summed E-state index contributed by atoms with van der Waals surface area (Å²) in [6, 6.07) is 13.4. The van der Waals surface area contributed by atoms with E-state index in [1.54, 1.807) is 19.1 Å². The molecular weight excluding hydrogens is 330 g/mol. The van der Waals surface area contributed by atoms with Crippen molar-refractivity contribution in [2.45, 2.75) is 6.92 Å². The lowest BCUT2D eigenvalue weighted by Crippen LogP contribution is -2.26. The summed E-state index contributed by atoms with van der Waals surface area (Å²) in [7, 11) is 3.37. The maximum atomic E-state index is 12.9. The molecule has 118 valence electrons. The molecular formula is C18H16ClNO2S. The Labute approximate surface area is 144 Å². The van der Waals surface area contributed by atoms with E-state index in [4.69, 9.17) is 16.3 Å². The fourth-order valence-corrected chi connectivity index (χ4v) is 3.98. The van der Waals surface area contributed by atoms with E-state index >= 15 is 0 Å².